The number of nitrogens with zero attached hydrogens (tertiary/aromatic N) is 4. The highest BCUT2D eigenvalue weighted by atomic mass is 16.5. The van der Waals surface area contributed by atoms with Gasteiger partial charge in [0.1, 0.15) is 0 Å². The monoisotopic (exact) mass is 302 g/mol. The zero-order chi connectivity index (χ0) is 15.5. The van der Waals surface area contributed by atoms with E-state index < -0.39 is 0 Å². The van der Waals surface area contributed by atoms with Gasteiger partial charge in [-0.3, -0.25) is 15.3 Å². The van der Waals surface area contributed by atoms with Gasteiger partial charge in [-0.15, -0.1) is 0 Å². The van der Waals surface area contributed by atoms with Gasteiger partial charge in [0, 0.05) is 11.1 Å². The second-order valence-electron chi connectivity index (χ2n) is 4.66. The summed E-state index contributed by atoms with van der Waals surface area (Å²) in [6.07, 6.45) is 1.43. The van der Waals surface area contributed by atoms with E-state index in [4.69, 9.17) is 10.5 Å². The summed E-state index contributed by atoms with van der Waals surface area (Å²) in [6.45, 7) is 0.256. The van der Waals surface area contributed by atoms with Gasteiger partial charge >= 0.3 is 6.02 Å². The molecule has 1 atom stereocenters. The second-order valence-corrected chi connectivity index (χ2v) is 4.66. The van der Waals surface area contributed by atoms with Crippen molar-refractivity contribution in [3.63, 3.8) is 0 Å². The normalized spacial score (nSPS) is 18.1. The van der Waals surface area contributed by atoms with Gasteiger partial charge in [-0.25, -0.2) is 0 Å². The van der Waals surface area contributed by atoms with Crippen molar-refractivity contribution in [2.24, 2.45) is 15.7 Å². The Morgan fingerprint density at radius 2 is 2.32 bits per heavy atom. The summed E-state index contributed by atoms with van der Waals surface area (Å²) < 4.78 is 5.14. The van der Waals surface area contributed by atoms with Crippen molar-refractivity contribution in [1.29, 1.82) is 0 Å². The van der Waals surface area contributed by atoms with E-state index in [2.05, 4.69) is 30.8 Å². The van der Waals surface area contributed by atoms with Gasteiger partial charge < -0.3 is 15.8 Å². The molecular formula is C13H18N8O. The molecule has 1 aliphatic rings. The quantitative estimate of drug-likeness (QED) is 0.637. The third-order valence-corrected chi connectivity index (χ3v) is 3.34. The molecule has 2 heterocycles. The first-order valence-corrected chi connectivity index (χ1v) is 6.79. The van der Waals surface area contributed by atoms with E-state index in [0.29, 0.717) is 5.96 Å². The molecule has 3 rings (SSSR count). The molecule has 0 saturated heterocycles. The minimum atomic E-state index is -0.336. The van der Waals surface area contributed by atoms with Crippen molar-refractivity contribution in [2.45, 2.75) is 6.29 Å². The minimum absolute atomic E-state index is 0.256. The fourth-order valence-corrected chi connectivity index (χ4v) is 2.23. The Balaban J connectivity index is 1.90. The van der Waals surface area contributed by atoms with Crippen LogP contribution in [0.4, 0.5) is 5.69 Å². The lowest BCUT2D eigenvalue weighted by atomic mass is 10.2. The van der Waals surface area contributed by atoms with Crippen LogP contribution in [0.15, 0.2) is 34.4 Å². The number of guanidine groups is 1. The highest BCUT2D eigenvalue weighted by molar-refractivity contribution is 6.02. The number of amidine groups is 1. The Morgan fingerprint density at radius 1 is 1.45 bits per heavy atom. The van der Waals surface area contributed by atoms with Gasteiger partial charge in [0.05, 0.1) is 25.5 Å². The number of methoxy groups -OCH3 is 1. The Kier molecular flexibility index (Phi) is 3.90. The molecule has 0 radical (unpaired) electrons. The van der Waals surface area contributed by atoms with E-state index in [9.17, 15) is 0 Å². The maximum atomic E-state index is 5.81. The summed E-state index contributed by atoms with van der Waals surface area (Å²) in [6, 6.07) is 6.14. The van der Waals surface area contributed by atoms with E-state index in [1.165, 1.54) is 7.11 Å². The molecule has 2 aromatic rings. The number of fused-ring (bicyclic) bond motifs is 1. The summed E-state index contributed by atoms with van der Waals surface area (Å²) in [4.78, 5) is 10.4. The molecule has 1 aromatic heterocycles. The predicted molar refractivity (Wildman–Crippen MR) is 85.3 cm³/mol. The SMILES string of the molecule is CNC1N=C(OC)N=C(Nc2ccc3[nH]ncc3c2)N1CN. The largest absolute Gasteiger partial charge is 0.467 e. The van der Waals surface area contributed by atoms with Crippen molar-refractivity contribution in [3.05, 3.63) is 24.4 Å². The Hall–Kier alpha value is -2.65. The van der Waals surface area contributed by atoms with Crippen LogP contribution in [0.5, 0.6) is 0 Å². The van der Waals surface area contributed by atoms with Crippen LogP contribution in [0.2, 0.25) is 0 Å². The Morgan fingerprint density at radius 3 is 3.05 bits per heavy atom. The maximum absolute atomic E-state index is 5.81. The van der Waals surface area contributed by atoms with E-state index in [1.807, 2.05) is 18.2 Å². The standard InChI is InChI=1S/C13H18N8O/c1-15-11-18-13(22-2)19-12(21(11)7-14)17-9-3-4-10-8(5-9)6-16-20-10/h3-6,11,15H,7,14H2,1-2H3,(H,16,20)(H,17,18,19). The third-order valence-electron chi connectivity index (χ3n) is 3.34. The molecule has 0 amide bonds. The van der Waals surface area contributed by atoms with Crippen LogP contribution in [0, 0.1) is 0 Å². The van der Waals surface area contributed by atoms with E-state index >= 15 is 0 Å². The highest BCUT2D eigenvalue weighted by Gasteiger charge is 2.25. The summed E-state index contributed by atoms with van der Waals surface area (Å²) in [5.41, 5.74) is 7.66. The van der Waals surface area contributed by atoms with Crippen LogP contribution in [0.3, 0.4) is 0 Å². The van der Waals surface area contributed by atoms with Gasteiger partial charge in [-0.05, 0) is 25.2 Å². The molecular weight excluding hydrogens is 284 g/mol. The van der Waals surface area contributed by atoms with E-state index in [-0.39, 0.29) is 19.0 Å². The number of nitrogens with two attached hydrogens (primary N) is 1. The molecule has 116 valence electrons. The number of hydrogen-bond acceptors (Lipinski definition) is 8. The van der Waals surface area contributed by atoms with Crippen LogP contribution in [-0.4, -0.2) is 54.2 Å². The first-order valence-electron chi connectivity index (χ1n) is 6.79. The molecule has 0 spiro atoms. The van der Waals surface area contributed by atoms with Crippen molar-refractivity contribution in [2.75, 3.05) is 26.1 Å². The lowest BCUT2D eigenvalue weighted by Crippen LogP contribution is -2.54. The van der Waals surface area contributed by atoms with Gasteiger partial charge in [0.15, 0.2) is 6.29 Å². The molecule has 22 heavy (non-hydrogen) atoms. The Bertz CT molecular complexity index is 722. The molecule has 1 aromatic carbocycles. The molecule has 0 fully saturated rings. The lowest BCUT2D eigenvalue weighted by molar-refractivity contribution is 0.271. The highest BCUT2D eigenvalue weighted by Crippen LogP contribution is 2.18. The van der Waals surface area contributed by atoms with Crippen molar-refractivity contribution < 1.29 is 4.74 Å². The lowest BCUT2D eigenvalue weighted by Gasteiger charge is -2.32. The first kappa shape index (κ1) is 14.3. The molecule has 9 heteroatoms. The van der Waals surface area contributed by atoms with E-state index in [1.54, 1.807) is 18.1 Å². The number of H-pyrrole nitrogens is 1. The fourth-order valence-electron chi connectivity index (χ4n) is 2.23. The van der Waals surface area contributed by atoms with Crippen LogP contribution >= 0.6 is 0 Å². The molecule has 5 N–H and O–H groups in total. The van der Waals surface area contributed by atoms with E-state index in [0.717, 1.165) is 16.6 Å². The summed E-state index contributed by atoms with van der Waals surface area (Å²) in [7, 11) is 3.33. The smallest absolute Gasteiger partial charge is 0.317 e. The number of rotatable bonds is 3. The van der Waals surface area contributed by atoms with Gasteiger partial charge in [0.25, 0.3) is 0 Å². The number of aromatic nitrogens is 2. The summed E-state index contributed by atoms with van der Waals surface area (Å²) in [5.74, 6) is 0.566. The van der Waals surface area contributed by atoms with Crippen molar-refractivity contribution in [1.82, 2.24) is 20.4 Å². The number of anilines is 1. The number of ether oxygens (including phenoxy) is 1. The van der Waals surface area contributed by atoms with Crippen LogP contribution in [-0.2, 0) is 4.74 Å². The summed E-state index contributed by atoms with van der Waals surface area (Å²) in [5, 5.41) is 14.2. The number of nitrogens with one attached hydrogen (secondary N) is 3. The second kappa shape index (κ2) is 6.00. The zero-order valence-corrected chi connectivity index (χ0v) is 12.4. The van der Waals surface area contributed by atoms with Crippen LogP contribution in [0.1, 0.15) is 0 Å². The molecule has 0 aliphatic carbocycles. The number of benzene rings is 1. The van der Waals surface area contributed by atoms with Gasteiger partial charge in [0.2, 0.25) is 5.96 Å². The Labute approximate surface area is 127 Å². The summed E-state index contributed by atoms with van der Waals surface area (Å²) >= 11 is 0. The van der Waals surface area contributed by atoms with Crippen molar-refractivity contribution in [3.8, 4) is 0 Å². The maximum Gasteiger partial charge on any atom is 0.317 e. The minimum Gasteiger partial charge on any atom is -0.467 e. The fraction of sp³-hybridized carbons (Fsp3) is 0.308. The number of aliphatic imine (C=N–C) groups is 2. The van der Waals surface area contributed by atoms with Gasteiger partial charge in [-0.1, -0.05) is 0 Å². The third kappa shape index (κ3) is 2.59. The van der Waals surface area contributed by atoms with Crippen molar-refractivity contribution >= 4 is 28.6 Å². The van der Waals surface area contributed by atoms with Crippen LogP contribution < -0.4 is 16.4 Å². The first-order chi connectivity index (χ1) is 10.7. The molecule has 1 aliphatic heterocycles. The van der Waals surface area contributed by atoms with Gasteiger partial charge in [-0.2, -0.15) is 15.1 Å². The predicted octanol–water partition coefficient (Wildman–Crippen LogP) is 0.0680. The number of hydrogen-bond donors (Lipinski definition) is 4. The molecule has 0 bridgehead atoms. The molecule has 0 saturated carbocycles. The molecule has 1 unspecified atom stereocenters. The zero-order valence-electron chi connectivity index (χ0n) is 12.4. The topological polar surface area (TPSA) is 116 Å². The number of aromatic amines is 1. The average molecular weight is 302 g/mol. The molecule has 9 nitrogen and oxygen atoms in total. The van der Waals surface area contributed by atoms with Crippen LogP contribution in [0.25, 0.3) is 10.9 Å². The average Bonchev–Trinajstić information content (AvgIpc) is 3.01.